The molecule has 0 amide bonds. The summed E-state index contributed by atoms with van der Waals surface area (Å²) in [6.07, 6.45) is 0.888. The van der Waals surface area contributed by atoms with Gasteiger partial charge in [-0.1, -0.05) is 19.1 Å². The minimum absolute atomic E-state index is 0.662. The average molecular weight is 237 g/mol. The van der Waals surface area contributed by atoms with E-state index in [9.17, 15) is 9.90 Å². The van der Waals surface area contributed by atoms with Gasteiger partial charge in [0.15, 0.2) is 0 Å². The lowest BCUT2D eigenvalue weighted by molar-refractivity contribution is -0.144. The molecule has 1 atom stereocenters. The van der Waals surface area contributed by atoms with E-state index in [0.29, 0.717) is 6.54 Å². The van der Waals surface area contributed by atoms with E-state index in [-0.39, 0.29) is 0 Å². The maximum absolute atomic E-state index is 11.4. The molecule has 0 aliphatic heterocycles. The zero-order valence-electron chi connectivity index (χ0n) is 10.5. The zero-order valence-corrected chi connectivity index (χ0v) is 10.5. The molecular weight excluding hydrogens is 218 g/mol. The van der Waals surface area contributed by atoms with Gasteiger partial charge in [0.25, 0.3) is 0 Å². The highest BCUT2D eigenvalue weighted by Gasteiger charge is 2.34. The summed E-state index contributed by atoms with van der Waals surface area (Å²) < 4.78 is 5.06. The molecular formula is C13H19NO3. The van der Waals surface area contributed by atoms with Crippen LogP contribution in [-0.2, 0) is 10.3 Å². The molecule has 17 heavy (non-hydrogen) atoms. The molecule has 1 aromatic carbocycles. The maximum atomic E-state index is 11.4. The van der Waals surface area contributed by atoms with Gasteiger partial charge in [0.05, 0.1) is 7.11 Å². The summed E-state index contributed by atoms with van der Waals surface area (Å²) in [4.78, 5) is 11.4. The van der Waals surface area contributed by atoms with Crippen molar-refractivity contribution < 1.29 is 14.6 Å². The molecule has 0 saturated carbocycles. The number of rotatable bonds is 6. The Hall–Kier alpha value is -1.55. The first-order valence-electron chi connectivity index (χ1n) is 5.67. The molecule has 0 bridgehead atoms. The number of carboxylic acids is 1. The van der Waals surface area contributed by atoms with E-state index in [4.69, 9.17) is 4.74 Å². The van der Waals surface area contributed by atoms with Gasteiger partial charge in [-0.3, -0.25) is 5.32 Å². The quantitative estimate of drug-likeness (QED) is 0.794. The fourth-order valence-corrected chi connectivity index (χ4v) is 1.60. The van der Waals surface area contributed by atoms with Crippen LogP contribution in [0.15, 0.2) is 24.3 Å². The average Bonchev–Trinajstić information content (AvgIpc) is 2.35. The highest BCUT2D eigenvalue weighted by molar-refractivity contribution is 5.80. The van der Waals surface area contributed by atoms with Crippen LogP contribution < -0.4 is 10.1 Å². The molecule has 1 aromatic rings. The van der Waals surface area contributed by atoms with E-state index in [2.05, 4.69) is 5.32 Å². The summed E-state index contributed by atoms with van der Waals surface area (Å²) in [5.74, 6) is -0.159. The van der Waals surface area contributed by atoms with Gasteiger partial charge in [0, 0.05) is 0 Å². The maximum Gasteiger partial charge on any atom is 0.328 e. The van der Waals surface area contributed by atoms with Crippen LogP contribution in [0.4, 0.5) is 0 Å². The second-order valence-electron chi connectivity index (χ2n) is 4.09. The molecule has 1 unspecified atom stereocenters. The van der Waals surface area contributed by atoms with E-state index >= 15 is 0 Å². The molecule has 94 valence electrons. The summed E-state index contributed by atoms with van der Waals surface area (Å²) >= 11 is 0. The molecule has 2 N–H and O–H groups in total. The molecule has 0 fully saturated rings. The first-order valence-corrected chi connectivity index (χ1v) is 5.67. The molecule has 4 heteroatoms. The molecule has 0 saturated heterocycles. The van der Waals surface area contributed by atoms with Gasteiger partial charge >= 0.3 is 5.97 Å². The normalized spacial score (nSPS) is 14.1. The fraction of sp³-hybridized carbons (Fsp3) is 0.462. The second-order valence-corrected chi connectivity index (χ2v) is 4.09. The third kappa shape index (κ3) is 2.97. The monoisotopic (exact) mass is 237 g/mol. The van der Waals surface area contributed by atoms with Crippen LogP contribution in [0.5, 0.6) is 5.75 Å². The summed E-state index contributed by atoms with van der Waals surface area (Å²) in [6, 6.07) is 7.08. The van der Waals surface area contributed by atoms with Crippen LogP contribution >= 0.6 is 0 Å². The highest BCUT2D eigenvalue weighted by Crippen LogP contribution is 2.23. The second kappa shape index (κ2) is 5.68. The Bertz CT molecular complexity index is 375. The Morgan fingerprint density at radius 2 is 2.00 bits per heavy atom. The number of carboxylic acid groups (broad SMARTS) is 1. The Morgan fingerprint density at radius 1 is 1.41 bits per heavy atom. The van der Waals surface area contributed by atoms with Crippen molar-refractivity contribution in [3.63, 3.8) is 0 Å². The predicted octanol–water partition coefficient (Wildman–Crippen LogP) is 1.99. The van der Waals surface area contributed by atoms with Gasteiger partial charge in [0.2, 0.25) is 0 Å². The first-order chi connectivity index (χ1) is 8.04. The molecule has 0 heterocycles. The van der Waals surface area contributed by atoms with Gasteiger partial charge in [-0.15, -0.1) is 0 Å². The van der Waals surface area contributed by atoms with Crippen LogP contribution in [0.1, 0.15) is 25.8 Å². The Kier molecular flexibility index (Phi) is 4.52. The van der Waals surface area contributed by atoms with Crippen LogP contribution in [0.3, 0.4) is 0 Å². The number of hydrogen-bond acceptors (Lipinski definition) is 3. The number of hydrogen-bond donors (Lipinski definition) is 2. The minimum Gasteiger partial charge on any atom is -0.497 e. The summed E-state index contributed by atoms with van der Waals surface area (Å²) in [6.45, 7) is 4.34. The van der Waals surface area contributed by atoms with E-state index < -0.39 is 11.5 Å². The van der Waals surface area contributed by atoms with Gasteiger partial charge in [-0.05, 0) is 37.6 Å². The lowest BCUT2D eigenvalue weighted by Gasteiger charge is -2.26. The zero-order chi connectivity index (χ0) is 12.9. The summed E-state index contributed by atoms with van der Waals surface area (Å²) in [7, 11) is 1.58. The number of benzene rings is 1. The van der Waals surface area contributed by atoms with Crippen LogP contribution in [-0.4, -0.2) is 24.7 Å². The molecule has 0 aromatic heterocycles. The Morgan fingerprint density at radius 3 is 2.41 bits per heavy atom. The number of carbonyl (C=O) groups is 1. The van der Waals surface area contributed by atoms with E-state index in [1.54, 1.807) is 38.3 Å². The molecule has 0 radical (unpaired) electrons. The Labute approximate surface area is 102 Å². The number of ether oxygens (including phenoxy) is 1. The molecule has 1 rings (SSSR count). The lowest BCUT2D eigenvalue weighted by Crippen LogP contribution is -2.46. The number of methoxy groups -OCH3 is 1. The first kappa shape index (κ1) is 13.5. The van der Waals surface area contributed by atoms with Crippen molar-refractivity contribution in [2.45, 2.75) is 25.8 Å². The van der Waals surface area contributed by atoms with Gasteiger partial charge < -0.3 is 9.84 Å². The van der Waals surface area contributed by atoms with Crippen molar-refractivity contribution in [1.29, 1.82) is 0 Å². The standard InChI is InChI=1S/C13H19NO3/c1-4-9-14-13(2,12(15)16)10-5-7-11(17-3)8-6-10/h5-8,14H,4,9H2,1-3H3,(H,15,16). The Balaban J connectivity index is 3.00. The number of nitrogens with one attached hydrogen (secondary N) is 1. The van der Waals surface area contributed by atoms with Crippen molar-refractivity contribution in [3.05, 3.63) is 29.8 Å². The molecule has 0 spiro atoms. The number of aliphatic carboxylic acids is 1. The van der Waals surface area contributed by atoms with Crippen molar-refractivity contribution in [3.8, 4) is 5.75 Å². The van der Waals surface area contributed by atoms with Crippen LogP contribution in [0.25, 0.3) is 0 Å². The van der Waals surface area contributed by atoms with Gasteiger partial charge in [-0.2, -0.15) is 0 Å². The SMILES string of the molecule is CCCNC(C)(C(=O)O)c1ccc(OC)cc1. The molecule has 4 nitrogen and oxygen atoms in total. The topological polar surface area (TPSA) is 58.6 Å². The summed E-state index contributed by atoms with van der Waals surface area (Å²) in [5, 5.41) is 12.4. The van der Waals surface area contributed by atoms with Crippen molar-refractivity contribution >= 4 is 5.97 Å². The predicted molar refractivity (Wildman–Crippen MR) is 66.3 cm³/mol. The lowest BCUT2D eigenvalue weighted by atomic mass is 9.92. The molecule has 0 aliphatic rings. The summed E-state index contributed by atoms with van der Waals surface area (Å²) in [5.41, 5.74) is -0.332. The van der Waals surface area contributed by atoms with Gasteiger partial charge in [-0.25, -0.2) is 4.79 Å². The van der Waals surface area contributed by atoms with E-state index in [1.165, 1.54) is 0 Å². The van der Waals surface area contributed by atoms with Gasteiger partial charge in [0.1, 0.15) is 11.3 Å². The van der Waals surface area contributed by atoms with Crippen molar-refractivity contribution in [2.24, 2.45) is 0 Å². The smallest absolute Gasteiger partial charge is 0.328 e. The highest BCUT2D eigenvalue weighted by atomic mass is 16.5. The fourth-order valence-electron chi connectivity index (χ4n) is 1.60. The third-order valence-electron chi connectivity index (χ3n) is 2.82. The third-order valence-corrected chi connectivity index (χ3v) is 2.82. The minimum atomic E-state index is -1.05. The van der Waals surface area contributed by atoms with Crippen LogP contribution in [0.2, 0.25) is 0 Å². The van der Waals surface area contributed by atoms with Crippen LogP contribution in [0, 0.1) is 0 Å². The molecule has 0 aliphatic carbocycles. The van der Waals surface area contributed by atoms with Crippen molar-refractivity contribution in [1.82, 2.24) is 5.32 Å². The largest absolute Gasteiger partial charge is 0.497 e. The van der Waals surface area contributed by atoms with Crippen molar-refractivity contribution in [2.75, 3.05) is 13.7 Å². The van der Waals surface area contributed by atoms with E-state index in [0.717, 1.165) is 17.7 Å². The van der Waals surface area contributed by atoms with E-state index in [1.807, 2.05) is 6.92 Å².